The van der Waals surface area contributed by atoms with Gasteiger partial charge < -0.3 is 19.6 Å². The smallest absolute Gasteiger partial charge is 0.409 e. The quantitative estimate of drug-likeness (QED) is 0.583. The molecule has 2 aliphatic heterocycles. The van der Waals surface area contributed by atoms with Crippen LogP contribution in [-0.4, -0.2) is 67.4 Å². The van der Waals surface area contributed by atoms with Gasteiger partial charge in [-0.3, -0.25) is 9.36 Å². The molecule has 5 rings (SSSR count). The lowest BCUT2D eigenvalue weighted by Gasteiger charge is -2.49. The van der Waals surface area contributed by atoms with Crippen molar-refractivity contribution in [1.82, 2.24) is 24.4 Å². The van der Waals surface area contributed by atoms with E-state index >= 15 is 0 Å². The van der Waals surface area contributed by atoms with Crippen LogP contribution in [0.3, 0.4) is 0 Å². The topological polar surface area (TPSA) is 114 Å². The summed E-state index contributed by atoms with van der Waals surface area (Å²) in [5.41, 5.74) is 0.953. The molecule has 0 unspecified atom stereocenters. The van der Waals surface area contributed by atoms with Crippen molar-refractivity contribution in [2.45, 2.75) is 31.4 Å². The molecule has 1 fully saturated rings. The molecule has 0 saturated carbocycles. The number of aromatic nitrogens is 4. The van der Waals surface area contributed by atoms with E-state index in [1.807, 2.05) is 41.3 Å². The molecule has 3 aromatic rings. The molecule has 186 valence electrons. The van der Waals surface area contributed by atoms with Crippen LogP contribution >= 0.6 is 0 Å². The van der Waals surface area contributed by atoms with Gasteiger partial charge in [-0.25, -0.2) is 19.7 Å². The van der Waals surface area contributed by atoms with Crippen molar-refractivity contribution in [3.63, 3.8) is 0 Å². The fraction of sp³-hybridized carbons (Fsp3) is 0.346. The van der Waals surface area contributed by atoms with Crippen LogP contribution in [0.5, 0.6) is 0 Å². The van der Waals surface area contributed by atoms with Crippen LogP contribution in [0.4, 0.5) is 10.7 Å². The molecule has 1 saturated heterocycles. The van der Waals surface area contributed by atoms with Gasteiger partial charge in [0.25, 0.3) is 5.56 Å². The van der Waals surface area contributed by atoms with Crippen LogP contribution in [0.2, 0.25) is 0 Å². The molecule has 36 heavy (non-hydrogen) atoms. The van der Waals surface area contributed by atoms with E-state index in [4.69, 9.17) is 9.72 Å². The van der Waals surface area contributed by atoms with Gasteiger partial charge in [0.1, 0.15) is 6.33 Å². The summed E-state index contributed by atoms with van der Waals surface area (Å²) in [6.07, 6.45) is 6.80. The highest BCUT2D eigenvalue weighted by Gasteiger charge is 2.43. The lowest BCUT2D eigenvalue weighted by atomic mass is 9.84. The van der Waals surface area contributed by atoms with Gasteiger partial charge >= 0.3 is 6.09 Å². The predicted octanol–water partition coefficient (Wildman–Crippen LogP) is 2.72. The summed E-state index contributed by atoms with van der Waals surface area (Å²) in [5.74, 6) is 0.429. The Morgan fingerprint density at radius 3 is 2.64 bits per heavy atom. The Morgan fingerprint density at radius 2 is 1.94 bits per heavy atom. The fourth-order valence-electron chi connectivity index (χ4n) is 4.83. The van der Waals surface area contributed by atoms with Crippen LogP contribution in [0, 0.1) is 0 Å². The molecule has 0 radical (unpaired) electrons. The molecule has 4 heterocycles. The first-order chi connectivity index (χ1) is 17.5. The number of likely N-dealkylation sites (tertiary alicyclic amines) is 1. The minimum atomic E-state index is -0.814. The molecule has 1 aromatic carbocycles. The number of rotatable bonds is 5. The van der Waals surface area contributed by atoms with Gasteiger partial charge in [-0.2, -0.15) is 0 Å². The average molecular weight is 489 g/mol. The number of carbonyl (C=O) groups is 1. The molecule has 1 atom stereocenters. The van der Waals surface area contributed by atoms with E-state index in [1.54, 1.807) is 30.3 Å². The van der Waals surface area contributed by atoms with Crippen molar-refractivity contribution in [1.29, 1.82) is 0 Å². The van der Waals surface area contributed by atoms with Crippen molar-refractivity contribution < 1.29 is 14.6 Å². The first-order valence-electron chi connectivity index (χ1n) is 12.0. The van der Waals surface area contributed by atoms with Gasteiger partial charge in [0.2, 0.25) is 5.95 Å². The van der Waals surface area contributed by atoms with Crippen LogP contribution in [0.15, 0.2) is 65.9 Å². The molecule has 2 aromatic heterocycles. The average Bonchev–Trinajstić information content (AvgIpc) is 2.91. The maximum absolute atomic E-state index is 13.1. The Balaban J connectivity index is 1.54. The van der Waals surface area contributed by atoms with Gasteiger partial charge in [0.05, 0.1) is 36.2 Å². The molecule has 1 N–H and O–H groups in total. The van der Waals surface area contributed by atoms with Crippen molar-refractivity contribution in [2.24, 2.45) is 0 Å². The van der Waals surface area contributed by atoms with Gasteiger partial charge in [0.15, 0.2) is 0 Å². The lowest BCUT2D eigenvalue weighted by Crippen LogP contribution is -2.59. The Hall–Kier alpha value is -4.05. The SMILES string of the molecule is CCOC(=O)N1CCC2(C=Cn3c(nc(-c4ccncn4)cc3=O)N2C[C@@H](O)c2ccccc2)CC1. The number of carbonyl (C=O) groups excluding carboxylic acids is 1. The summed E-state index contributed by atoms with van der Waals surface area (Å²) in [5, 5.41) is 11.2. The molecule has 1 spiro atoms. The van der Waals surface area contributed by atoms with Gasteiger partial charge in [0, 0.05) is 31.6 Å². The third kappa shape index (κ3) is 4.47. The van der Waals surface area contributed by atoms with Crippen molar-refractivity contribution >= 4 is 18.2 Å². The van der Waals surface area contributed by atoms with Crippen molar-refractivity contribution in [3.05, 3.63) is 77.0 Å². The summed E-state index contributed by atoms with van der Waals surface area (Å²) in [6, 6.07) is 12.6. The highest BCUT2D eigenvalue weighted by molar-refractivity contribution is 5.68. The summed E-state index contributed by atoms with van der Waals surface area (Å²) in [4.78, 5) is 42.2. The third-order valence-corrected chi connectivity index (χ3v) is 6.79. The Labute approximate surface area is 208 Å². The van der Waals surface area contributed by atoms with Crippen LogP contribution < -0.4 is 10.5 Å². The number of piperidine rings is 1. The molecule has 0 aliphatic carbocycles. The number of aliphatic hydroxyl groups excluding tert-OH is 1. The van der Waals surface area contributed by atoms with Gasteiger partial charge in [-0.1, -0.05) is 30.3 Å². The van der Waals surface area contributed by atoms with Crippen LogP contribution in [0.25, 0.3) is 17.6 Å². The summed E-state index contributed by atoms with van der Waals surface area (Å²) in [7, 11) is 0. The zero-order valence-electron chi connectivity index (χ0n) is 20.0. The zero-order valence-corrected chi connectivity index (χ0v) is 20.0. The second-order valence-electron chi connectivity index (χ2n) is 8.89. The standard InChI is InChI=1S/C26H28N6O4/c1-2-36-25(35)30-13-9-26(10-14-30)11-15-31-23(34)16-21(20-8-12-27-18-28-20)29-24(31)32(26)17-22(33)19-6-4-3-5-7-19/h3-8,11-12,15-16,18,22,33H,2,9-10,13-14,17H2,1H3/t22-/m1/s1. The fourth-order valence-corrected chi connectivity index (χ4v) is 4.83. The Bertz CT molecular complexity index is 1300. The summed E-state index contributed by atoms with van der Waals surface area (Å²) in [6.45, 7) is 3.29. The molecule has 2 aliphatic rings. The van der Waals surface area contributed by atoms with E-state index < -0.39 is 11.6 Å². The number of ether oxygens (including phenoxy) is 1. The van der Waals surface area contributed by atoms with E-state index in [2.05, 4.69) is 9.97 Å². The normalized spacial score (nSPS) is 17.1. The van der Waals surface area contributed by atoms with Gasteiger partial charge in [-0.15, -0.1) is 0 Å². The minimum absolute atomic E-state index is 0.216. The van der Waals surface area contributed by atoms with Crippen LogP contribution in [0.1, 0.15) is 31.4 Å². The summed E-state index contributed by atoms with van der Waals surface area (Å²) < 4.78 is 6.68. The number of nitrogens with zero attached hydrogens (tertiary/aromatic N) is 6. The minimum Gasteiger partial charge on any atom is -0.450 e. The number of hydrogen-bond acceptors (Lipinski definition) is 8. The predicted molar refractivity (Wildman–Crippen MR) is 134 cm³/mol. The molecular weight excluding hydrogens is 460 g/mol. The Kier molecular flexibility index (Phi) is 6.51. The van der Waals surface area contributed by atoms with Crippen molar-refractivity contribution in [2.75, 3.05) is 31.1 Å². The van der Waals surface area contributed by atoms with E-state index in [0.29, 0.717) is 49.9 Å². The number of benzene rings is 1. The van der Waals surface area contributed by atoms with Crippen molar-refractivity contribution in [3.8, 4) is 11.4 Å². The molecule has 0 bridgehead atoms. The number of anilines is 1. The maximum atomic E-state index is 13.1. The highest BCUT2D eigenvalue weighted by Crippen LogP contribution is 2.38. The first-order valence-corrected chi connectivity index (χ1v) is 12.0. The van der Waals surface area contributed by atoms with E-state index in [-0.39, 0.29) is 18.2 Å². The third-order valence-electron chi connectivity index (χ3n) is 6.79. The molecular formula is C26H28N6O4. The number of β-amino-alcohol motifs (C(OH)–C–C–N with tert-alkyl or cyclic N) is 1. The second-order valence-corrected chi connectivity index (χ2v) is 8.89. The van der Waals surface area contributed by atoms with Crippen LogP contribution in [-0.2, 0) is 4.74 Å². The van der Waals surface area contributed by atoms with E-state index in [9.17, 15) is 14.7 Å². The number of amides is 1. The Morgan fingerprint density at radius 1 is 1.17 bits per heavy atom. The molecule has 1 amide bonds. The lowest BCUT2D eigenvalue weighted by molar-refractivity contribution is 0.0886. The van der Waals surface area contributed by atoms with Gasteiger partial charge in [-0.05, 0) is 37.5 Å². The first kappa shape index (κ1) is 23.7. The van der Waals surface area contributed by atoms with E-state index in [0.717, 1.165) is 5.56 Å². The number of fused-ring (bicyclic) bond motifs is 1. The monoisotopic (exact) mass is 488 g/mol. The maximum Gasteiger partial charge on any atom is 0.409 e. The van der Waals surface area contributed by atoms with E-state index in [1.165, 1.54) is 17.0 Å². The molecule has 10 nitrogen and oxygen atoms in total. The number of aliphatic hydroxyl groups is 1. The largest absolute Gasteiger partial charge is 0.450 e. The zero-order chi connectivity index (χ0) is 25.1. The highest BCUT2D eigenvalue weighted by atomic mass is 16.6. The molecule has 10 heteroatoms. The number of hydrogen-bond donors (Lipinski definition) is 1. The summed E-state index contributed by atoms with van der Waals surface area (Å²) >= 11 is 0. The second kappa shape index (κ2) is 9.90.